The molecule has 0 aliphatic heterocycles. The third kappa shape index (κ3) is 3.08. The van der Waals surface area contributed by atoms with E-state index in [9.17, 15) is 0 Å². The molecule has 0 rings (SSSR count). The van der Waals surface area contributed by atoms with Crippen LogP contribution in [0.4, 0.5) is 0 Å². The average molecular weight is 189 g/mol. The molecule has 0 unspecified atom stereocenters. The monoisotopic (exact) mass is 189 g/mol. The Bertz CT molecular complexity index is 8.00. The van der Waals surface area contributed by atoms with Gasteiger partial charge in [-0.15, -0.1) is 0 Å². The molecule has 0 atom stereocenters. The molecule has 0 spiro atoms. The van der Waals surface area contributed by atoms with E-state index in [1.807, 2.05) is 0 Å². The third-order valence-corrected chi connectivity index (χ3v) is 2.41. The maximum atomic E-state index is 3.97. The van der Waals surface area contributed by atoms with Crippen LogP contribution in [0, 0.1) is 0 Å². The van der Waals surface area contributed by atoms with Crippen molar-refractivity contribution in [2.45, 2.75) is 0 Å². The van der Waals surface area contributed by atoms with Crippen molar-refractivity contribution in [3.63, 3.8) is 0 Å². The minimum absolute atomic E-state index is 0.475. The third-order valence-electron chi connectivity index (χ3n) is 0.120. The molecular weight excluding hydrogens is 183 g/mol. The minimum atomic E-state index is 0.475. The van der Waals surface area contributed by atoms with Crippen molar-refractivity contribution in [1.29, 1.82) is 0 Å². The molecule has 0 fully saturated rings. The van der Waals surface area contributed by atoms with E-state index in [0.29, 0.717) is 21.2 Å². The van der Waals surface area contributed by atoms with Crippen molar-refractivity contribution >= 4 is 12.6 Å². The second-order valence-corrected chi connectivity index (χ2v) is 4.20. The first-order valence-electron chi connectivity index (χ1n) is 0.961. The Morgan fingerprint density at radius 3 is 2.25 bits per heavy atom. The first-order valence-corrected chi connectivity index (χ1v) is 5.28. The fourth-order valence-electron chi connectivity index (χ4n) is 0. The molecule has 0 radical (unpaired) electrons. The molecular formula is C2H6IS-. The zero-order valence-electron chi connectivity index (χ0n) is 2.53. The van der Waals surface area contributed by atoms with Crippen LogP contribution >= 0.6 is 12.6 Å². The Morgan fingerprint density at radius 1 is 2.00 bits per heavy atom. The fraction of sp³-hybridized carbons (Fsp3) is 1.00. The second kappa shape index (κ2) is 4.08. The van der Waals surface area contributed by atoms with Crippen molar-refractivity contribution in [2.75, 3.05) is 8.69 Å². The molecule has 0 aliphatic carbocycles. The topological polar surface area (TPSA) is 0 Å². The summed E-state index contributed by atoms with van der Waals surface area (Å²) in [7, 11) is 0. The summed E-state index contributed by atoms with van der Waals surface area (Å²) in [5, 5.41) is 0. The molecule has 0 amide bonds. The van der Waals surface area contributed by atoms with E-state index >= 15 is 0 Å². The predicted molar refractivity (Wildman–Crippen MR) is 19.8 cm³/mol. The van der Waals surface area contributed by atoms with Gasteiger partial charge in [-0.1, -0.05) is 0 Å². The molecule has 4 heavy (non-hydrogen) atoms. The van der Waals surface area contributed by atoms with Gasteiger partial charge in [-0.05, 0) is 0 Å². The standard InChI is InChI=1S/C2H6IS/c1-3-2-4/h4H,2H2,1H3/q-1. The molecule has 0 aromatic rings. The van der Waals surface area contributed by atoms with Crippen molar-refractivity contribution in [3.8, 4) is 0 Å². The number of hydrogen-bond acceptors (Lipinski definition) is 1. The Hall–Kier alpha value is 1.08. The summed E-state index contributed by atoms with van der Waals surface area (Å²) in [6, 6.07) is 0. The Labute approximate surface area is 42.6 Å². The van der Waals surface area contributed by atoms with E-state index in [-0.39, 0.29) is 0 Å². The molecule has 0 nitrogen and oxygen atoms in total. The Morgan fingerprint density at radius 2 is 2.25 bits per heavy atom. The molecule has 0 aromatic heterocycles. The van der Waals surface area contributed by atoms with Crippen molar-refractivity contribution < 1.29 is 21.2 Å². The van der Waals surface area contributed by atoms with Gasteiger partial charge in [0.2, 0.25) is 0 Å². The molecule has 2 heteroatoms. The van der Waals surface area contributed by atoms with Gasteiger partial charge in [-0.3, -0.25) is 0 Å². The summed E-state index contributed by atoms with van der Waals surface area (Å²) in [5.74, 6) is 0. The molecule has 0 bridgehead atoms. The van der Waals surface area contributed by atoms with Gasteiger partial charge in [0.25, 0.3) is 0 Å². The SMILES string of the molecule is C[I-]CS. The number of halogens is 1. The van der Waals surface area contributed by atoms with E-state index in [2.05, 4.69) is 17.6 Å². The van der Waals surface area contributed by atoms with Crippen LogP contribution in [0.15, 0.2) is 0 Å². The molecule has 0 saturated heterocycles. The Kier molecular flexibility index (Phi) is 5.18. The molecule has 0 N–H and O–H groups in total. The van der Waals surface area contributed by atoms with Gasteiger partial charge in [0.1, 0.15) is 0 Å². The van der Waals surface area contributed by atoms with Crippen LogP contribution < -0.4 is 21.2 Å². The van der Waals surface area contributed by atoms with Gasteiger partial charge in [0.05, 0.1) is 0 Å². The van der Waals surface area contributed by atoms with Gasteiger partial charge in [-0.2, -0.15) is 0 Å². The van der Waals surface area contributed by atoms with Crippen LogP contribution in [0.3, 0.4) is 0 Å². The molecule has 0 heterocycles. The summed E-state index contributed by atoms with van der Waals surface area (Å²) in [5.41, 5.74) is 0. The van der Waals surface area contributed by atoms with Crippen molar-refractivity contribution in [2.24, 2.45) is 0 Å². The predicted octanol–water partition coefficient (Wildman–Crippen LogP) is -2.41. The van der Waals surface area contributed by atoms with E-state index in [1.165, 1.54) is 0 Å². The number of thiol groups is 1. The first kappa shape index (κ1) is 5.08. The first-order chi connectivity index (χ1) is 1.91. The zero-order chi connectivity index (χ0) is 3.41. The van der Waals surface area contributed by atoms with Crippen LogP contribution in [0.5, 0.6) is 0 Å². The number of alkyl halides is 2. The average Bonchev–Trinajstić information content (AvgIpc) is 1.37. The number of rotatable bonds is 1. The summed E-state index contributed by atoms with van der Waals surface area (Å²) >= 11 is 4.44. The van der Waals surface area contributed by atoms with Crippen LogP contribution in [-0.2, 0) is 0 Å². The van der Waals surface area contributed by atoms with Crippen LogP contribution in [0.1, 0.15) is 0 Å². The molecule has 0 saturated carbocycles. The van der Waals surface area contributed by atoms with E-state index in [4.69, 9.17) is 0 Å². The summed E-state index contributed by atoms with van der Waals surface area (Å²) in [6.07, 6.45) is 0. The fourth-order valence-corrected chi connectivity index (χ4v) is 0. The van der Waals surface area contributed by atoms with E-state index in [0.717, 1.165) is 3.76 Å². The van der Waals surface area contributed by atoms with Crippen LogP contribution in [0.25, 0.3) is 0 Å². The quantitative estimate of drug-likeness (QED) is 0.265. The summed E-state index contributed by atoms with van der Waals surface area (Å²) in [4.78, 5) is 2.21. The van der Waals surface area contributed by atoms with E-state index in [1.54, 1.807) is 0 Å². The maximum absolute atomic E-state index is 3.97. The zero-order valence-corrected chi connectivity index (χ0v) is 5.58. The van der Waals surface area contributed by atoms with Gasteiger partial charge in [-0.25, -0.2) is 0 Å². The van der Waals surface area contributed by atoms with Crippen molar-refractivity contribution in [1.82, 2.24) is 0 Å². The Balaban J connectivity index is 1.97. The van der Waals surface area contributed by atoms with Gasteiger partial charge >= 0.3 is 42.5 Å². The summed E-state index contributed by atoms with van der Waals surface area (Å²) in [6.45, 7) is 0. The molecule has 0 aliphatic rings. The second-order valence-electron chi connectivity index (χ2n) is 0.387. The number of hydrogen-bond donors (Lipinski definition) is 1. The van der Waals surface area contributed by atoms with Crippen molar-refractivity contribution in [3.05, 3.63) is 0 Å². The van der Waals surface area contributed by atoms with Gasteiger partial charge < -0.3 is 0 Å². The molecule has 28 valence electrons. The van der Waals surface area contributed by atoms with E-state index < -0.39 is 0 Å². The molecule has 0 aromatic carbocycles. The summed E-state index contributed by atoms with van der Waals surface area (Å²) < 4.78 is 1.12. The van der Waals surface area contributed by atoms with Crippen LogP contribution in [-0.4, -0.2) is 8.69 Å². The van der Waals surface area contributed by atoms with Gasteiger partial charge in [0, 0.05) is 0 Å². The van der Waals surface area contributed by atoms with Gasteiger partial charge in [0.15, 0.2) is 0 Å². The van der Waals surface area contributed by atoms with Crippen LogP contribution in [0.2, 0.25) is 0 Å². The normalized spacial score (nSPS) is 8.50.